The van der Waals surface area contributed by atoms with E-state index < -0.39 is 0 Å². The lowest BCUT2D eigenvalue weighted by molar-refractivity contribution is 0.0992. The topological polar surface area (TPSA) is 30.0 Å². The van der Waals surface area contributed by atoms with Crippen molar-refractivity contribution in [2.45, 2.75) is 6.42 Å². The van der Waals surface area contributed by atoms with Gasteiger partial charge in [0, 0.05) is 21.7 Å². The molecule has 0 aliphatic rings. The Hall–Kier alpha value is -1.90. The van der Waals surface area contributed by atoms with E-state index in [-0.39, 0.29) is 12.2 Å². The van der Waals surface area contributed by atoms with Crippen LogP contribution in [0.5, 0.6) is 0 Å². The van der Waals surface area contributed by atoms with Gasteiger partial charge in [-0.05, 0) is 30.3 Å². The molecule has 0 bridgehead atoms. The number of Topliss-reactive ketones (excluding diaryl/α,β-unsaturated/α-hetero) is 1. The molecule has 3 rings (SSSR count). The second-order valence-electron chi connectivity index (χ2n) is 4.72. The third-order valence-corrected chi connectivity index (χ3v) is 3.78. The fraction of sp³-hybridized carbons (Fsp3) is 0.0588. The van der Waals surface area contributed by atoms with Gasteiger partial charge in [0.15, 0.2) is 5.78 Å². The number of aromatic nitrogens is 1. The van der Waals surface area contributed by atoms with Gasteiger partial charge in [-0.3, -0.25) is 9.78 Å². The maximum atomic E-state index is 12.3. The molecule has 1 heterocycles. The summed E-state index contributed by atoms with van der Waals surface area (Å²) in [5.74, 6) is -0.0700. The van der Waals surface area contributed by atoms with Gasteiger partial charge in [0.2, 0.25) is 0 Å². The van der Waals surface area contributed by atoms with Crippen molar-refractivity contribution in [2.24, 2.45) is 0 Å². The van der Waals surface area contributed by atoms with Crippen molar-refractivity contribution in [3.63, 3.8) is 0 Å². The normalized spacial score (nSPS) is 10.8. The van der Waals surface area contributed by atoms with Crippen LogP contribution >= 0.6 is 23.2 Å². The molecular weight excluding hydrogens is 305 g/mol. The SMILES string of the molecule is O=C(Cc1ccc2ccccc2n1)c1ccc(Cl)cc1Cl. The fourth-order valence-electron chi connectivity index (χ4n) is 2.18. The van der Waals surface area contributed by atoms with E-state index >= 15 is 0 Å². The molecule has 4 heteroatoms. The number of rotatable bonds is 3. The first-order valence-corrected chi connectivity index (χ1v) is 7.22. The van der Waals surface area contributed by atoms with Crippen molar-refractivity contribution in [1.29, 1.82) is 0 Å². The van der Waals surface area contributed by atoms with Crippen molar-refractivity contribution in [3.8, 4) is 0 Å². The molecule has 0 radical (unpaired) electrons. The molecule has 1 aromatic heterocycles. The van der Waals surface area contributed by atoms with Crippen LogP contribution in [0.15, 0.2) is 54.6 Å². The Morgan fingerprint density at radius 2 is 1.81 bits per heavy atom. The number of pyridine rings is 1. The zero-order valence-electron chi connectivity index (χ0n) is 11.0. The summed E-state index contributed by atoms with van der Waals surface area (Å²) in [6.45, 7) is 0. The Bertz CT molecular complexity index is 830. The molecule has 3 aromatic rings. The Morgan fingerprint density at radius 3 is 2.62 bits per heavy atom. The summed E-state index contributed by atoms with van der Waals surface area (Å²) < 4.78 is 0. The van der Waals surface area contributed by atoms with Crippen LogP contribution in [0, 0.1) is 0 Å². The van der Waals surface area contributed by atoms with Crippen molar-refractivity contribution >= 4 is 39.9 Å². The minimum Gasteiger partial charge on any atom is -0.294 e. The minimum atomic E-state index is -0.0700. The van der Waals surface area contributed by atoms with Crippen LogP contribution in [0.3, 0.4) is 0 Å². The first kappa shape index (κ1) is 14.1. The van der Waals surface area contributed by atoms with Crippen LogP contribution in [0.1, 0.15) is 16.1 Å². The summed E-state index contributed by atoms with van der Waals surface area (Å²) >= 11 is 11.9. The standard InChI is InChI=1S/C17H11Cl2NO/c18-12-6-8-14(15(19)9-12)17(21)10-13-7-5-11-3-1-2-4-16(11)20-13/h1-9H,10H2. The Kier molecular flexibility index (Phi) is 3.91. The van der Waals surface area contributed by atoms with Gasteiger partial charge in [-0.25, -0.2) is 0 Å². The molecule has 2 nitrogen and oxygen atoms in total. The average Bonchev–Trinajstić information content (AvgIpc) is 2.47. The highest BCUT2D eigenvalue weighted by molar-refractivity contribution is 6.36. The second-order valence-corrected chi connectivity index (χ2v) is 5.56. The molecule has 0 atom stereocenters. The van der Waals surface area contributed by atoms with Crippen LogP contribution in [0.2, 0.25) is 10.0 Å². The van der Waals surface area contributed by atoms with E-state index in [2.05, 4.69) is 4.98 Å². The molecule has 0 spiro atoms. The van der Waals surface area contributed by atoms with Crippen LogP contribution in [-0.2, 0) is 6.42 Å². The van der Waals surface area contributed by atoms with Gasteiger partial charge in [-0.2, -0.15) is 0 Å². The van der Waals surface area contributed by atoms with E-state index in [1.807, 2.05) is 36.4 Å². The summed E-state index contributed by atoms with van der Waals surface area (Å²) in [5.41, 5.74) is 2.07. The number of hydrogen-bond acceptors (Lipinski definition) is 2. The van der Waals surface area contributed by atoms with Gasteiger partial charge in [0.05, 0.1) is 17.0 Å². The van der Waals surface area contributed by atoms with Crippen molar-refractivity contribution < 1.29 is 4.79 Å². The lowest BCUT2D eigenvalue weighted by atomic mass is 10.1. The predicted octanol–water partition coefficient (Wildman–Crippen LogP) is 4.97. The van der Waals surface area contributed by atoms with Gasteiger partial charge in [-0.1, -0.05) is 47.5 Å². The number of para-hydroxylation sites is 1. The van der Waals surface area contributed by atoms with Gasteiger partial charge >= 0.3 is 0 Å². The number of nitrogens with zero attached hydrogens (tertiary/aromatic N) is 1. The first-order chi connectivity index (χ1) is 10.1. The fourth-order valence-corrected chi connectivity index (χ4v) is 2.70. The third kappa shape index (κ3) is 3.07. The smallest absolute Gasteiger partial charge is 0.170 e. The summed E-state index contributed by atoms with van der Waals surface area (Å²) in [5, 5.41) is 1.94. The highest BCUT2D eigenvalue weighted by atomic mass is 35.5. The van der Waals surface area contributed by atoms with Crippen molar-refractivity contribution in [3.05, 3.63) is 75.9 Å². The predicted molar refractivity (Wildman–Crippen MR) is 86.2 cm³/mol. The summed E-state index contributed by atoms with van der Waals surface area (Å²) in [4.78, 5) is 16.8. The highest BCUT2D eigenvalue weighted by Crippen LogP contribution is 2.22. The summed E-state index contributed by atoms with van der Waals surface area (Å²) in [7, 11) is 0. The number of ketones is 1. The molecule has 0 unspecified atom stereocenters. The molecule has 104 valence electrons. The third-order valence-electron chi connectivity index (χ3n) is 3.23. The van der Waals surface area contributed by atoms with Gasteiger partial charge in [0.1, 0.15) is 0 Å². The molecule has 0 saturated carbocycles. The molecule has 0 saturated heterocycles. The number of halogens is 2. The Balaban J connectivity index is 1.89. The Morgan fingerprint density at radius 1 is 1.00 bits per heavy atom. The van der Waals surface area contributed by atoms with E-state index in [1.165, 1.54) is 0 Å². The Labute approximate surface area is 132 Å². The average molecular weight is 316 g/mol. The van der Waals surface area contributed by atoms with Crippen LogP contribution < -0.4 is 0 Å². The van der Waals surface area contributed by atoms with Gasteiger partial charge in [-0.15, -0.1) is 0 Å². The number of carbonyl (C=O) groups excluding carboxylic acids is 1. The molecule has 2 aromatic carbocycles. The van der Waals surface area contributed by atoms with E-state index in [9.17, 15) is 4.79 Å². The molecule has 21 heavy (non-hydrogen) atoms. The summed E-state index contributed by atoms with van der Waals surface area (Å²) in [6.07, 6.45) is 0.214. The van der Waals surface area contributed by atoms with Crippen molar-refractivity contribution in [1.82, 2.24) is 4.98 Å². The zero-order valence-corrected chi connectivity index (χ0v) is 12.5. The molecule has 0 N–H and O–H groups in total. The molecule has 0 amide bonds. The monoisotopic (exact) mass is 315 g/mol. The van der Waals surface area contributed by atoms with E-state index in [0.29, 0.717) is 15.6 Å². The minimum absolute atomic E-state index is 0.0700. The summed E-state index contributed by atoms with van der Waals surface area (Å²) in [6, 6.07) is 16.5. The maximum absolute atomic E-state index is 12.3. The lowest BCUT2D eigenvalue weighted by Gasteiger charge is -2.05. The quantitative estimate of drug-likeness (QED) is 0.639. The van der Waals surface area contributed by atoms with Gasteiger partial charge < -0.3 is 0 Å². The molecule has 0 aliphatic heterocycles. The second kappa shape index (κ2) is 5.84. The van der Waals surface area contributed by atoms with Gasteiger partial charge in [0.25, 0.3) is 0 Å². The lowest BCUT2D eigenvalue weighted by Crippen LogP contribution is -2.05. The largest absolute Gasteiger partial charge is 0.294 e. The number of fused-ring (bicyclic) bond motifs is 1. The van der Waals surface area contributed by atoms with Crippen LogP contribution in [0.25, 0.3) is 10.9 Å². The van der Waals surface area contributed by atoms with Crippen LogP contribution in [0.4, 0.5) is 0 Å². The number of hydrogen-bond donors (Lipinski definition) is 0. The molecular formula is C17H11Cl2NO. The number of benzene rings is 2. The maximum Gasteiger partial charge on any atom is 0.170 e. The van der Waals surface area contributed by atoms with E-state index in [0.717, 1.165) is 16.6 Å². The highest BCUT2D eigenvalue weighted by Gasteiger charge is 2.12. The number of carbonyl (C=O) groups is 1. The first-order valence-electron chi connectivity index (χ1n) is 6.46. The van der Waals surface area contributed by atoms with Crippen LogP contribution in [-0.4, -0.2) is 10.8 Å². The van der Waals surface area contributed by atoms with Crippen molar-refractivity contribution in [2.75, 3.05) is 0 Å². The zero-order chi connectivity index (χ0) is 14.8. The van der Waals surface area contributed by atoms with E-state index in [4.69, 9.17) is 23.2 Å². The molecule has 0 aliphatic carbocycles. The van der Waals surface area contributed by atoms with E-state index in [1.54, 1.807) is 18.2 Å². The molecule has 0 fully saturated rings.